The van der Waals surface area contributed by atoms with Crippen molar-refractivity contribution in [3.63, 3.8) is 0 Å². The third kappa shape index (κ3) is 6.23. The molecule has 0 unspecified atom stereocenters. The summed E-state index contributed by atoms with van der Waals surface area (Å²) in [6, 6.07) is 4.75. The van der Waals surface area contributed by atoms with Gasteiger partial charge < -0.3 is 25.3 Å². The van der Waals surface area contributed by atoms with Crippen LogP contribution in [0.5, 0.6) is 11.5 Å². The average Bonchev–Trinajstić information content (AvgIpc) is 3.13. The lowest BCUT2D eigenvalue weighted by atomic mass is 10.2. The SMILES string of the molecule is CCOc1cc(/C=C/C(=O)OCC(=O)Nc2sccc2C(N)=O)cc(Cl)c1OC. The highest BCUT2D eigenvalue weighted by molar-refractivity contribution is 7.14. The number of esters is 1. The Hall–Kier alpha value is -3.04. The zero-order valence-corrected chi connectivity index (χ0v) is 17.3. The van der Waals surface area contributed by atoms with Crippen LogP contribution in [-0.4, -0.2) is 38.1 Å². The summed E-state index contributed by atoms with van der Waals surface area (Å²) in [7, 11) is 1.48. The average molecular weight is 439 g/mol. The third-order valence-electron chi connectivity index (χ3n) is 3.48. The Morgan fingerprint density at radius 3 is 2.72 bits per heavy atom. The number of nitrogens with two attached hydrogens (primary N) is 1. The molecule has 0 radical (unpaired) electrons. The minimum atomic E-state index is -0.730. The molecule has 29 heavy (non-hydrogen) atoms. The number of rotatable bonds is 9. The number of nitrogens with one attached hydrogen (secondary N) is 1. The van der Waals surface area contributed by atoms with Crippen LogP contribution < -0.4 is 20.5 Å². The quantitative estimate of drug-likeness (QED) is 0.459. The first-order valence-electron chi connectivity index (χ1n) is 8.38. The highest BCUT2D eigenvalue weighted by Gasteiger charge is 2.14. The molecule has 2 amide bonds. The second kappa shape index (κ2) is 10.5. The van der Waals surface area contributed by atoms with Crippen LogP contribution in [0.15, 0.2) is 29.7 Å². The van der Waals surface area contributed by atoms with Gasteiger partial charge in [-0.3, -0.25) is 9.59 Å². The molecule has 0 bridgehead atoms. The molecule has 1 heterocycles. The van der Waals surface area contributed by atoms with Crippen molar-refractivity contribution in [2.45, 2.75) is 6.92 Å². The van der Waals surface area contributed by atoms with Gasteiger partial charge in [-0.05, 0) is 42.1 Å². The summed E-state index contributed by atoms with van der Waals surface area (Å²) in [6.07, 6.45) is 2.62. The Kier molecular flexibility index (Phi) is 8.05. The summed E-state index contributed by atoms with van der Waals surface area (Å²) < 4.78 is 15.6. The van der Waals surface area contributed by atoms with E-state index in [9.17, 15) is 14.4 Å². The van der Waals surface area contributed by atoms with Gasteiger partial charge in [0, 0.05) is 6.08 Å². The molecule has 0 saturated heterocycles. The first-order chi connectivity index (χ1) is 13.8. The fraction of sp³-hybridized carbons (Fsp3) is 0.211. The number of anilines is 1. The molecule has 0 spiro atoms. The summed E-state index contributed by atoms with van der Waals surface area (Å²) in [5, 5.41) is 4.71. The van der Waals surface area contributed by atoms with Gasteiger partial charge in [-0.2, -0.15) is 0 Å². The van der Waals surface area contributed by atoms with Gasteiger partial charge in [-0.1, -0.05) is 11.6 Å². The van der Waals surface area contributed by atoms with E-state index in [-0.39, 0.29) is 5.56 Å². The number of primary amides is 1. The summed E-state index contributed by atoms with van der Waals surface area (Å²) in [5.41, 5.74) is 5.98. The fourth-order valence-corrected chi connectivity index (χ4v) is 3.36. The van der Waals surface area contributed by atoms with Gasteiger partial charge in [-0.25, -0.2) is 4.79 Å². The number of hydrogen-bond acceptors (Lipinski definition) is 7. The zero-order chi connectivity index (χ0) is 21.4. The van der Waals surface area contributed by atoms with Gasteiger partial charge >= 0.3 is 5.97 Å². The molecular formula is C19H19ClN2O6S. The first-order valence-corrected chi connectivity index (χ1v) is 9.63. The van der Waals surface area contributed by atoms with Crippen LogP contribution in [0.25, 0.3) is 6.08 Å². The Labute approximate surface area is 176 Å². The lowest BCUT2D eigenvalue weighted by Crippen LogP contribution is -2.21. The summed E-state index contributed by atoms with van der Waals surface area (Å²) in [4.78, 5) is 35.0. The van der Waals surface area contributed by atoms with Crippen molar-refractivity contribution in [2.24, 2.45) is 5.73 Å². The summed E-state index contributed by atoms with van der Waals surface area (Å²) >= 11 is 7.29. The maximum atomic E-state index is 11.9. The molecule has 0 saturated carbocycles. The Bertz CT molecular complexity index is 941. The van der Waals surface area contributed by atoms with Gasteiger partial charge in [0.1, 0.15) is 5.00 Å². The standard InChI is InChI=1S/C19H19ClN2O6S/c1-3-27-14-9-11(8-13(20)17(14)26-2)4-5-16(24)28-10-15(23)22-19-12(18(21)25)6-7-29-19/h4-9H,3,10H2,1-2H3,(H2,21,25)(H,22,23)/b5-4+. The third-order valence-corrected chi connectivity index (χ3v) is 4.59. The van der Waals surface area contributed by atoms with Crippen LogP contribution in [0.2, 0.25) is 5.02 Å². The molecule has 10 heteroatoms. The second-order valence-electron chi connectivity index (χ2n) is 5.48. The van der Waals surface area contributed by atoms with E-state index >= 15 is 0 Å². The van der Waals surface area contributed by atoms with Gasteiger partial charge in [0.05, 0.1) is 24.3 Å². The van der Waals surface area contributed by atoms with E-state index in [1.807, 2.05) is 6.92 Å². The monoisotopic (exact) mass is 438 g/mol. The van der Waals surface area contributed by atoms with Gasteiger partial charge in [0.25, 0.3) is 11.8 Å². The van der Waals surface area contributed by atoms with Crippen molar-refractivity contribution in [1.29, 1.82) is 0 Å². The Balaban J connectivity index is 1.95. The maximum Gasteiger partial charge on any atom is 0.331 e. The maximum absolute atomic E-state index is 11.9. The Morgan fingerprint density at radius 2 is 2.07 bits per heavy atom. The largest absolute Gasteiger partial charge is 0.491 e. The number of hydrogen-bond donors (Lipinski definition) is 2. The van der Waals surface area contributed by atoms with Gasteiger partial charge in [-0.15, -0.1) is 11.3 Å². The highest BCUT2D eigenvalue weighted by Crippen LogP contribution is 2.36. The van der Waals surface area contributed by atoms with Crippen LogP contribution in [0, 0.1) is 0 Å². The van der Waals surface area contributed by atoms with Crippen molar-refractivity contribution in [3.05, 3.63) is 45.8 Å². The zero-order valence-electron chi connectivity index (χ0n) is 15.7. The van der Waals surface area contributed by atoms with E-state index in [0.717, 1.165) is 17.4 Å². The van der Waals surface area contributed by atoms with Gasteiger partial charge in [0.2, 0.25) is 0 Å². The van der Waals surface area contributed by atoms with E-state index in [1.165, 1.54) is 19.3 Å². The minimum Gasteiger partial charge on any atom is -0.491 e. The number of carbonyl (C=O) groups excluding carboxylic acids is 3. The smallest absolute Gasteiger partial charge is 0.331 e. The molecule has 8 nitrogen and oxygen atoms in total. The predicted molar refractivity (Wildman–Crippen MR) is 111 cm³/mol. The molecule has 0 atom stereocenters. The molecule has 0 aliphatic heterocycles. The molecule has 3 N–H and O–H groups in total. The number of thiophene rings is 1. The highest BCUT2D eigenvalue weighted by atomic mass is 35.5. The van der Waals surface area contributed by atoms with E-state index in [0.29, 0.717) is 33.7 Å². The van der Waals surface area contributed by atoms with Crippen LogP contribution in [-0.2, 0) is 14.3 Å². The molecule has 0 aliphatic carbocycles. The number of amides is 2. The molecular weight excluding hydrogens is 420 g/mol. The van der Waals surface area contributed by atoms with Crippen LogP contribution in [0.4, 0.5) is 5.00 Å². The van der Waals surface area contributed by atoms with Crippen molar-refractivity contribution < 1.29 is 28.6 Å². The topological polar surface area (TPSA) is 117 Å². The Morgan fingerprint density at radius 1 is 1.31 bits per heavy atom. The van der Waals surface area contributed by atoms with E-state index in [1.54, 1.807) is 17.5 Å². The van der Waals surface area contributed by atoms with Crippen LogP contribution in [0.1, 0.15) is 22.8 Å². The van der Waals surface area contributed by atoms with Crippen LogP contribution >= 0.6 is 22.9 Å². The van der Waals surface area contributed by atoms with Crippen molar-refractivity contribution in [3.8, 4) is 11.5 Å². The fourth-order valence-electron chi connectivity index (χ4n) is 2.26. The van der Waals surface area contributed by atoms with Crippen molar-refractivity contribution >= 4 is 51.8 Å². The second-order valence-corrected chi connectivity index (χ2v) is 6.81. The van der Waals surface area contributed by atoms with E-state index < -0.39 is 24.4 Å². The first kappa shape index (κ1) is 22.3. The molecule has 0 aliphatic rings. The number of ether oxygens (including phenoxy) is 3. The molecule has 154 valence electrons. The molecule has 2 aromatic rings. The van der Waals surface area contributed by atoms with E-state index in [4.69, 9.17) is 31.5 Å². The van der Waals surface area contributed by atoms with E-state index in [2.05, 4.69) is 5.32 Å². The minimum absolute atomic E-state index is 0.191. The molecule has 1 aromatic carbocycles. The number of halogens is 1. The summed E-state index contributed by atoms with van der Waals surface area (Å²) in [6.45, 7) is 1.71. The van der Waals surface area contributed by atoms with Crippen molar-refractivity contribution in [1.82, 2.24) is 0 Å². The lowest BCUT2D eigenvalue weighted by molar-refractivity contribution is -0.142. The number of benzene rings is 1. The molecule has 2 rings (SSSR count). The normalized spacial score (nSPS) is 10.6. The molecule has 0 fully saturated rings. The van der Waals surface area contributed by atoms with Crippen LogP contribution in [0.3, 0.4) is 0 Å². The number of methoxy groups -OCH3 is 1. The van der Waals surface area contributed by atoms with Crippen molar-refractivity contribution in [2.75, 3.05) is 25.6 Å². The number of carbonyl (C=O) groups is 3. The molecule has 1 aromatic heterocycles. The lowest BCUT2D eigenvalue weighted by Gasteiger charge is -2.11. The predicted octanol–water partition coefficient (Wildman–Crippen LogP) is 3.10. The van der Waals surface area contributed by atoms with Gasteiger partial charge in [0.15, 0.2) is 18.1 Å². The summed E-state index contributed by atoms with van der Waals surface area (Å²) in [5.74, 6) is -1.15.